The lowest BCUT2D eigenvalue weighted by Crippen LogP contribution is -2.66. The van der Waals surface area contributed by atoms with Crippen LogP contribution in [0.2, 0.25) is 0 Å². The molecule has 12 unspecified atom stereocenters. The van der Waals surface area contributed by atoms with Crippen LogP contribution < -0.4 is 47.9 Å². The number of methoxy groups -OCH3 is 1. The number of rotatable bonds is 20. The Hall–Kier alpha value is -5.31. The Balaban J connectivity index is 3.80. The Kier molecular flexibility index (Phi) is 28.4. The van der Waals surface area contributed by atoms with Gasteiger partial charge in [0.2, 0.25) is 47.3 Å². The number of carbonyl (C=O) groups is 9. The van der Waals surface area contributed by atoms with Crippen molar-refractivity contribution >= 4 is 53.2 Å². The zero-order valence-corrected chi connectivity index (χ0v) is 40.8. The van der Waals surface area contributed by atoms with Crippen LogP contribution in [0.3, 0.4) is 0 Å². The molecule has 25 nitrogen and oxygen atoms in total. The van der Waals surface area contributed by atoms with Gasteiger partial charge in [-0.25, -0.2) is 4.79 Å². The van der Waals surface area contributed by atoms with Gasteiger partial charge in [-0.2, -0.15) is 0 Å². The topological polar surface area (TPSA) is 393 Å². The van der Waals surface area contributed by atoms with Gasteiger partial charge >= 0.3 is 5.97 Å². The van der Waals surface area contributed by atoms with Crippen LogP contribution in [0, 0.1) is 11.8 Å². The Bertz CT molecular complexity index is 1750. The number of aliphatic hydroxyl groups excluding tert-OH is 6. The fourth-order valence-electron chi connectivity index (χ4n) is 6.83. The molecular formula is C44H77N9O16. The molecule has 69 heavy (non-hydrogen) atoms. The van der Waals surface area contributed by atoms with Gasteiger partial charge in [-0.05, 0) is 39.5 Å². The number of aliphatic hydroxyl groups is 6. The lowest BCUT2D eigenvalue weighted by atomic mass is 9.94. The van der Waals surface area contributed by atoms with Crippen LogP contribution in [0.4, 0.5) is 0 Å². The number of hydrogen-bond donors (Lipinski definition) is 15. The summed E-state index contributed by atoms with van der Waals surface area (Å²) in [5.74, 6) is -11.2. The lowest BCUT2D eigenvalue weighted by Gasteiger charge is -2.32. The smallest absolute Gasteiger partial charge is 0.332 e. The zero-order chi connectivity index (χ0) is 52.5. The van der Waals surface area contributed by atoms with Crippen molar-refractivity contribution in [1.29, 1.82) is 0 Å². The normalized spacial score (nSPS) is 25.9. The monoisotopic (exact) mass is 988 g/mol. The molecule has 0 aromatic rings. The van der Waals surface area contributed by atoms with Crippen molar-refractivity contribution < 1.29 is 78.5 Å². The van der Waals surface area contributed by atoms with Crippen LogP contribution in [0.1, 0.15) is 99.8 Å². The number of hydrogen-bond acceptors (Lipinski definition) is 17. The molecule has 1 aliphatic heterocycles. The van der Waals surface area contributed by atoms with Crippen molar-refractivity contribution in [1.82, 2.24) is 47.9 Å². The second-order valence-corrected chi connectivity index (χ2v) is 17.3. The third-order valence-corrected chi connectivity index (χ3v) is 11.4. The van der Waals surface area contributed by atoms with E-state index in [4.69, 9.17) is 0 Å². The summed E-state index contributed by atoms with van der Waals surface area (Å²) in [6.45, 7) is 7.72. The molecule has 1 aliphatic rings. The maximum atomic E-state index is 14.0. The maximum Gasteiger partial charge on any atom is 0.332 e. The van der Waals surface area contributed by atoms with E-state index in [1.165, 1.54) is 26.8 Å². The van der Waals surface area contributed by atoms with Gasteiger partial charge in [-0.1, -0.05) is 72.3 Å². The lowest BCUT2D eigenvalue weighted by molar-refractivity contribution is -0.150. The van der Waals surface area contributed by atoms with Crippen LogP contribution in [-0.4, -0.2) is 184 Å². The summed E-state index contributed by atoms with van der Waals surface area (Å²) >= 11 is 0. The summed E-state index contributed by atoms with van der Waals surface area (Å²) in [4.78, 5) is 121. The summed E-state index contributed by atoms with van der Waals surface area (Å²) in [5.41, 5.74) is 0.191. The van der Waals surface area contributed by atoms with E-state index in [2.05, 4.69) is 59.5 Å². The summed E-state index contributed by atoms with van der Waals surface area (Å²) in [5, 5.41) is 85.6. The number of amides is 8. The first-order chi connectivity index (χ1) is 32.5. The predicted octanol–water partition coefficient (Wildman–Crippen LogP) is -4.92. The molecule has 0 radical (unpaired) electrons. The minimum absolute atomic E-state index is 0.191. The average Bonchev–Trinajstić information content (AvgIpc) is 3.32. The molecule has 0 aromatic carbocycles. The second kappa shape index (κ2) is 31.7. The average molecular weight is 988 g/mol. The highest BCUT2D eigenvalue weighted by Crippen LogP contribution is 2.18. The highest BCUT2D eigenvalue weighted by Gasteiger charge is 2.41. The van der Waals surface area contributed by atoms with Gasteiger partial charge in [0, 0.05) is 31.1 Å². The number of allylic oxidation sites excluding steroid dienone is 1. The predicted molar refractivity (Wildman–Crippen MR) is 246 cm³/mol. The van der Waals surface area contributed by atoms with Crippen LogP contribution in [-0.2, 0) is 47.9 Å². The van der Waals surface area contributed by atoms with E-state index in [1.807, 2.05) is 6.92 Å². The Labute approximate surface area is 402 Å². The largest absolute Gasteiger partial charge is 0.467 e. The minimum Gasteiger partial charge on any atom is -0.467 e. The minimum atomic E-state index is -2.24. The highest BCUT2D eigenvalue weighted by atomic mass is 16.5. The van der Waals surface area contributed by atoms with Gasteiger partial charge in [-0.3, -0.25) is 43.7 Å². The standard InChI is InChI=1S/C44H77N9O16/c1-9-12-14-15-17-25(16-13-10-2)36(60)46-19-28(56)34(58)32-42(66)51-31(24(7)55)40(64)47-20-29(57)39(63)53-33(44(68)69-8)43(67)48-26(18-45-35(59)23(6)11-3)37(61)49-27(21-54)38(62)50-30(22(4)5)41(65)52-32/h11,22,24-34,39,53-58,63H,9-10,12-21H2,1-8H3,(H,45,59)(H,46,60)(H,47,64)(H,48,67)(H,49,61)(H,50,62)(H,51,66)(H,52,65)/b23-11-. The molecule has 1 heterocycles. The van der Waals surface area contributed by atoms with E-state index >= 15 is 0 Å². The fourth-order valence-corrected chi connectivity index (χ4v) is 6.83. The molecule has 1 rings (SSSR count). The first-order valence-corrected chi connectivity index (χ1v) is 23.3. The van der Waals surface area contributed by atoms with E-state index < -0.39 is 158 Å². The van der Waals surface area contributed by atoms with E-state index in [0.29, 0.717) is 12.8 Å². The summed E-state index contributed by atoms with van der Waals surface area (Å²) < 4.78 is 4.65. The molecule has 0 saturated carbocycles. The SMILES string of the molecule is C/C=C(/C)C(=O)NCC1NC(=O)C(C(=O)OC)NC(O)C(O)CNC(=O)C(C(C)O)NC(=O)C(C(O)C(O)CNC(=O)C(CCCC)CCCCCC)NC(=O)C(C(C)C)NC(=O)C(CO)NC1=O. The second-order valence-electron chi connectivity index (χ2n) is 17.3. The van der Waals surface area contributed by atoms with Crippen molar-refractivity contribution in [2.75, 3.05) is 33.4 Å². The van der Waals surface area contributed by atoms with Gasteiger partial charge in [0.05, 0.1) is 25.9 Å². The van der Waals surface area contributed by atoms with Crippen molar-refractivity contribution in [3.63, 3.8) is 0 Å². The number of ether oxygens (including phenoxy) is 1. The van der Waals surface area contributed by atoms with Gasteiger partial charge in [0.1, 0.15) is 48.6 Å². The fraction of sp³-hybridized carbons (Fsp3) is 0.750. The van der Waals surface area contributed by atoms with Crippen LogP contribution in [0.15, 0.2) is 11.6 Å². The molecule has 1 fully saturated rings. The molecule has 15 N–H and O–H groups in total. The molecule has 1 saturated heterocycles. The maximum absolute atomic E-state index is 14.0. The molecule has 0 aliphatic carbocycles. The Morgan fingerprint density at radius 2 is 1.30 bits per heavy atom. The molecular weight excluding hydrogens is 911 g/mol. The summed E-state index contributed by atoms with van der Waals surface area (Å²) in [6.07, 6.45) is -2.36. The zero-order valence-electron chi connectivity index (χ0n) is 40.8. The first-order valence-electron chi connectivity index (χ1n) is 23.3. The van der Waals surface area contributed by atoms with Crippen LogP contribution in [0.25, 0.3) is 0 Å². The summed E-state index contributed by atoms with van der Waals surface area (Å²) in [7, 11) is 0.870. The molecule has 394 valence electrons. The van der Waals surface area contributed by atoms with Gasteiger partial charge < -0.3 is 77.9 Å². The van der Waals surface area contributed by atoms with Crippen LogP contribution >= 0.6 is 0 Å². The molecule has 25 heteroatoms. The molecule has 0 bridgehead atoms. The third-order valence-electron chi connectivity index (χ3n) is 11.4. The van der Waals surface area contributed by atoms with Gasteiger partial charge in [-0.15, -0.1) is 0 Å². The van der Waals surface area contributed by atoms with Crippen molar-refractivity contribution in [2.24, 2.45) is 11.8 Å². The van der Waals surface area contributed by atoms with Crippen molar-refractivity contribution in [2.45, 2.75) is 167 Å². The van der Waals surface area contributed by atoms with Crippen molar-refractivity contribution in [3.8, 4) is 0 Å². The van der Waals surface area contributed by atoms with E-state index in [-0.39, 0.29) is 5.57 Å². The number of unbranched alkanes of at least 4 members (excludes halogenated alkanes) is 4. The Morgan fingerprint density at radius 1 is 0.739 bits per heavy atom. The molecule has 8 amide bonds. The molecule has 12 atom stereocenters. The highest BCUT2D eigenvalue weighted by molar-refractivity contribution is 6.04. The number of nitrogens with one attached hydrogen (secondary N) is 9. The van der Waals surface area contributed by atoms with Gasteiger partial charge in [0.15, 0.2) is 6.04 Å². The van der Waals surface area contributed by atoms with E-state index in [1.54, 1.807) is 6.92 Å². The van der Waals surface area contributed by atoms with E-state index in [0.717, 1.165) is 52.6 Å². The molecule has 0 aromatic heterocycles. The molecule has 0 spiro atoms. The Morgan fingerprint density at radius 3 is 1.87 bits per heavy atom. The number of esters is 1. The van der Waals surface area contributed by atoms with Crippen molar-refractivity contribution in [3.05, 3.63) is 11.6 Å². The number of carbonyl (C=O) groups excluding carboxylic acids is 9. The third kappa shape index (κ3) is 20.7. The van der Waals surface area contributed by atoms with E-state index in [9.17, 15) is 73.8 Å². The van der Waals surface area contributed by atoms with Crippen LogP contribution in [0.5, 0.6) is 0 Å². The van der Waals surface area contributed by atoms with Gasteiger partial charge in [0.25, 0.3) is 0 Å². The first kappa shape index (κ1) is 61.7. The number of β-amino-alcohol motifs (C(OH)–C–C–N with tert-alkyl or cyclic N) is 1. The quantitative estimate of drug-likeness (QED) is 0.0235. The summed E-state index contributed by atoms with van der Waals surface area (Å²) in [6, 6.07) is -11.6.